The Morgan fingerprint density at radius 3 is 2.74 bits per heavy atom. The predicted molar refractivity (Wildman–Crippen MR) is 116 cm³/mol. The van der Waals surface area contributed by atoms with E-state index in [1.807, 2.05) is 42.5 Å². The van der Waals surface area contributed by atoms with Crippen molar-refractivity contribution in [3.05, 3.63) is 89.2 Å². The number of nitrogens with two attached hydrogens (primary N) is 1. The van der Waals surface area contributed by atoms with Crippen LogP contribution in [-0.2, 0) is 4.79 Å². The highest BCUT2D eigenvalue weighted by atomic mass is 16.1. The molecule has 7 nitrogen and oxygen atoms in total. The van der Waals surface area contributed by atoms with E-state index in [1.165, 1.54) is 0 Å². The Morgan fingerprint density at radius 2 is 2.00 bits per heavy atom. The monoisotopic (exact) mass is 408 g/mol. The van der Waals surface area contributed by atoms with Crippen LogP contribution in [-0.4, -0.2) is 21.0 Å². The first kappa shape index (κ1) is 18.8. The van der Waals surface area contributed by atoms with E-state index in [9.17, 15) is 10.1 Å². The molecule has 0 saturated carbocycles. The maximum Gasteiger partial charge on any atom is 0.161 e. The van der Waals surface area contributed by atoms with E-state index in [0.29, 0.717) is 35.6 Å². The Labute approximate surface area is 179 Å². The molecule has 0 radical (unpaired) electrons. The molecule has 1 atom stereocenters. The van der Waals surface area contributed by atoms with Crippen LogP contribution in [0.1, 0.15) is 30.7 Å². The molecule has 3 heterocycles. The molecule has 31 heavy (non-hydrogen) atoms. The van der Waals surface area contributed by atoms with Crippen LogP contribution in [0.3, 0.4) is 0 Å². The van der Waals surface area contributed by atoms with Crippen LogP contribution in [0.15, 0.2) is 83.6 Å². The summed E-state index contributed by atoms with van der Waals surface area (Å²) in [6.45, 7) is 0. The van der Waals surface area contributed by atoms with Crippen molar-refractivity contribution in [3.63, 3.8) is 0 Å². The largest absolute Gasteiger partial charge is 0.384 e. The molecule has 0 saturated heterocycles. The van der Waals surface area contributed by atoms with Crippen LogP contribution >= 0.6 is 0 Å². The van der Waals surface area contributed by atoms with E-state index >= 15 is 0 Å². The summed E-state index contributed by atoms with van der Waals surface area (Å²) in [5.41, 5.74) is 10.9. The smallest absolute Gasteiger partial charge is 0.161 e. The fraction of sp³-hybridized carbons (Fsp3) is 0.167. The number of hydrogen-bond donors (Lipinski definition) is 2. The van der Waals surface area contributed by atoms with Gasteiger partial charge in [0.15, 0.2) is 11.6 Å². The number of benzene rings is 1. The summed E-state index contributed by atoms with van der Waals surface area (Å²) in [7, 11) is 0. The first-order valence-electron chi connectivity index (χ1n) is 10.2. The Balaban J connectivity index is 1.68. The quantitative estimate of drug-likeness (QED) is 0.682. The number of allylic oxidation sites excluding steroid dienone is 3. The number of carbonyl (C=O) groups excluding carboxylic acids is 1. The molecule has 1 unspecified atom stereocenters. The SMILES string of the molecule is N#CC1=C(N)N(c2cc(-c3ccccc3)[nH]n2)C2=C(C(=O)CCC2)C1c1cccnc1. The average Bonchev–Trinajstić information content (AvgIpc) is 3.29. The van der Waals surface area contributed by atoms with Crippen molar-refractivity contribution in [2.24, 2.45) is 5.73 Å². The third kappa shape index (κ3) is 3.09. The van der Waals surface area contributed by atoms with Crippen LogP contribution in [0.5, 0.6) is 0 Å². The van der Waals surface area contributed by atoms with Gasteiger partial charge < -0.3 is 5.73 Å². The van der Waals surface area contributed by atoms with Gasteiger partial charge >= 0.3 is 0 Å². The van der Waals surface area contributed by atoms with Crippen molar-refractivity contribution in [3.8, 4) is 17.3 Å². The summed E-state index contributed by atoms with van der Waals surface area (Å²) in [4.78, 5) is 19.0. The predicted octanol–water partition coefficient (Wildman–Crippen LogP) is 3.78. The number of pyridine rings is 1. The Kier molecular flexibility index (Phi) is 4.60. The lowest BCUT2D eigenvalue weighted by atomic mass is 9.76. The van der Waals surface area contributed by atoms with Gasteiger partial charge in [0.2, 0.25) is 0 Å². The number of aromatic nitrogens is 3. The normalized spacial score (nSPS) is 18.7. The molecule has 3 aromatic rings. The molecule has 0 fully saturated rings. The van der Waals surface area contributed by atoms with Gasteiger partial charge in [0, 0.05) is 36.2 Å². The summed E-state index contributed by atoms with van der Waals surface area (Å²) >= 11 is 0. The highest BCUT2D eigenvalue weighted by Gasteiger charge is 2.41. The molecule has 152 valence electrons. The molecule has 2 aromatic heterocycles. The van der Waals surface area contributed by atoms with Crippen molar-refractivity contribution < 1.29 is 4.79 Å². The number of H-pyrrole nitrogens is 1. The van der Waals surface area contributed by atoms with Crippen LogP contribution in [0, 0.1) is 11.3 Å². The molecule has 3 N–H and O–H groups in total. The van der Waals surface area contributed by atoms with E-state index in [1.54, 1.807) is 23.4 Å². The second-order valence-electron chi connectivity index (χ2n) is 7.61. The summed E-state index contributed by atoms with van der Waals surface area (Å²) in [6, 6.07) is 17.7. The second-order valence-corrected chi connectivity index (χ2v) is 7.61. The first-order valence-corrected chi connectivity index (χ1v) is 10.2. The van der Waals surface area contributed by atoms with Gasteiger partial charge in [-0.1, -0.05) is 36.4 Å². The minimum absolute atomic E-state index is 0.0409. The van der Waals surface area contributed by atoms with Crippen LogP contribution in [0.25, 0.3) is 11.3 Å². The van der Waals surface area contributed by atoms with Crippen LogP contribution in [0.2, 0.25) is 0 Å². The number of hydrogen-bond acceptors (Lipinski definition) is 6. The summed E-state index contributed by atoms with van der Waals surface area (Å²) < 4.78 is 0. The molecule has 0 amide bonds. The van der Waals surface area contributed by atoms with E-state index < -0.39 is 5.92 Å². The minimum atomic E-state index is -0.509. The number of nitriles is 1. The van der Waals surface area contributed by atoms with Crippen molar-refractivity contribution in [2.75, 3.05) is 4.90 Å². The topological polar surface area (TPSA) is 112 Å². The van der Waals surface area contributed by atoms with E-state index in [-0.39, 0.29) is 5.78 Å². The molecule has 1 aliphatic heterocycles. The molecular formula is C24H20N6O. The molecule has 0 bridgehead atoms. The fourth-order valence-electron chi connectivity index (χ4n) is 4.42. The zero-order valence-corrected chi connectivity index (χ0v) is 16.7. The van der Waals surface area contributed by atoms with Crippen molar-refractivity contribution >= 4 is 11.6 Å². The van der Waals surface area contributed by atoms with Gasteiger partial charge in [-0.3, -0.25) is 19.8 Å². The molecule has 7 heteroatoms. The molecular weight excluding hydrogens is 388 g/mol. The van der Waals surface area contributed by atoms with E-state index in [0.717, 1.165) is 28.9 Å². The van der Waals surface area contributed by atoms with E-state index in [4.69, 9.17) is 5.73 Å². The van der Waals surface area contributed by atoms with Gasteiger partial charge in [-0.2, -0.15) is 10.4 Å². The van der Waals surface area contributed by atoms with Crippen molar-refractivity contribution in [1.82, 2.24) is 15.2 Å². The summed E-state index contributed by atoms with van der Waals surface area (Å²) in [6.07, 6.45) is 5.24. The third-order valence-electron chi connectivity index (χ3n) is 5.81. The van der Waals surface area contributed by atoms with Crippen LogP contribution < -0.4 is 10.6 Å². The summed E-state index contributed by atoms with van der Waals surface area (Å²) in [5, 5.41) is 17.5. The standard InChI is InChI=1S/C24H20N6O/c25-13-17-22(16-8-5-11-27-14-16)23-19(9-4-10-20(23)31)30(24(17)26)21-12-18(28-29-21)15-6-2-1-3-7-15/h1-3,5-8,11-12,14,22H,4,9-10,26H2,(H,28,29). The van der Waals surface area contributed by atoms with Gasteiger partial charge in [-0.05, 0) is 30.0 Å². The van der Waals surface area contributed by atoms with Gasteiger partial charge in [0.05, 0.1) is 23.3 Å². The molecule has 5 rings (SSSR count). The fourth-order valence-corrected chi connectivity index (χ4v) is 4.42. The molecule has 1 aliphatic carbocycles. The highest BCUT2D eigenvalue weighted by Crippen LogP contribution is 2.45. The number of ketones is 1. The Morgan fingerprint density at radius 1 is 1.16 bits per heavy atom. The first-order chi connectivity index (χ1) is 15.2. The average molecular weight is 408 g/mol. The number of carbonyl (C=O) groups is 1. The Bertz CT molecular complexity index is 1250. The maximum atomic E-state index is 13.1. The lowest BCUT2D eigenvalue weighted by Crippen LogP contribution is -2.39. The van der Waals surface area contributed by atoms with Crippen molar-refractivity contribution in [1.29, 1.82) is 5.26 Å². The van der Waals surface area contributed by atoms with Crippen molar-refractivity contribution in [2.45, 2.75) is 25.2 Å². The molecule has 2 aliphatic rings. The molecule has 1 aromatic carbocycles. The number of nitrogens with zero attached hydrogens (tertiary/aromatic N) is 4. The highest BCUT2D eigenvalue weighted by molar-refractivity contribution is 6.01. The molecule has 0 spiro atoms. The maximum absolute atomic E-state index is 13.1. The number of aromatic amines is 1. The number of nitrogens with one attached hydrogen (secondary N) is 1. The Hall–Kier alpha value is -4.18. The number of rotatable bonds is 3. The van der Waals surface area contributed by atoms with Gasteiger partial charge in [-0.25, -0.2) is 0 Å². The number of Topliss-reactive ketones (excluding diaryl/α,β-unsaturated/α-hetero) is 1. The van der Waals surface area contributed by atoms with Gasteiger partial charge in [0.1, 0.15) is 5.82 Å². The third-order valence-corrected chi connectivity index (χ3v) is 5.81. The van der Waals surface area contributed by atoms with Gasteiger partial charge in [0.25, 0.3) is 0 Å². The second kappa shape index (κ2) is 7.58. The van der Waals surface area contributed by atoms with Gasteiger partial charge in [-0.15, -0.1) is 0 Å². The lowest BCUT2D eigenvalue weighted by molar-refractivity contribution is -0.116. The number of anilines is 1. The minimum Gasteiger partial charge on any atom is -0.384 e. The summed E-state index contributed by atoms with van der Waals surface area (Å²) in [5.74, 6) is 0.399. The zero-order chi connectivity index (χ0) is 21.4. The zero-order valence-electron chi connectivity index (χ0n) is 16.7. The lowest BCUT2D eigenvalue weighted by Gasteiger charge is -2.38. The van der Waals surface area contributed by atoms with E-state index in [2.05, 4.69) is 21.3 Å². The van der Waals surface area contributed by atoms with Crippen LogP contribution in [0.4, 0.5) is 5.82 Å².